The average Bonchev–Trinajstić information content (AvgIpc) is 2.90. The number of carbonyl (C=O) groups is 4. The second kappa shape index (κ2) is 6.90. The summed E-state index contributed by atoms with van der Waals surface area (Å²) in [6, 6.07) is 8.68. The van der Waals surface area contributed by atoms with Gasteiger partial charge in [0, 0.05) is 0 Å². The molecule has 1 atom stereocenters. The van der Waals surface area contributed by atoms with Crippen LogP contribution < -0.4 is 15.5 Å². The van der Waals surface area contributed by atoms with E-state index < -0.39 is 53.0 Å². The van der Waals surface area contributed by atoms with Crippen LogP contribution in [0.5, 0.6) is 0 Å². The Bertz CT molecular complexity index is 1090. The lowest BCUT2D eigenvalue weighted by Crippen LogP contribution is -2.48. The van der Waals surface area contributed by atoms with Gasteiger partial charge < -0.3 is 10.6 Å². The molecular weight excluding hydrogens is 398 g/mol. The van der Waals surface area contributed by atoms with E-state index in [1.165, 1.54) is 6.92 Å². The van der Waals surface area contributed by atoms with Crippen molar-refractivity contribution in [3.05, 3.63) is 59.7 Å². The Morgan fingerprint density at radius 2 is 1.73 bits per heavy atom. The Morgan fingerprint density at radius 1 is 1.07 bits per heavy atom. The van der Waals surface area contributed by atoms with E-state index in [1.807, 2.05) is 0 Å². The first-order valence-corrected chi connectivity index (χ1v) is 9.00. The summed E-state index contributed by atoms with van der Waals surface area (Å²) in [4.78, 5) is 51.9. The largest absolute Gasteiger partial charge is 0.325 e. The molecule has 2 aliphatic rings. The van der Waals surface area contributed by atoms with Gasteiger partial charge in [-0.3, -0.25) is 24.2 Å². The first-order valence-electron chi connectivity index (χ1n) is 9.00. The number of para-hydroxylation sites is 2. The summed E-state index contributed by atoms with van der Waals surface area (Å²) < 4.78 is 28.5. The molecule has 1 fully saturated rings. The van der Waals surface area contributed by atoms with Gasteiger partial charge in [-0.1, -0.05) is 18.2 Å². The highest BCUT2D eigenvalue weighted by molar-refractivity contribution is 6.14. The molecule has 0 saturated carbocycles. The lowest BCUT2D eigenvalue weighted by Gasteiger charge is -2.30. The molecule has 30 heavy (non-hydrogen) atoms. The van der Waals surface area contributed by atoms with Crippen molar-refractivity contribution in [2.45, 2.75) is 12.5 Å². The average molecular weight is 414 g/mol. The van der Waals surface area contributed by atoms with Crippen molar-refractivity contribution in [1.29, 1.82) is 0 Å². The number of nitrogens with zero attached hydrogens (tertiary/aromatic N) is 2. The Kier molecular flexibility index (Phi) is 4.49. The van der Waals surface area contributed by atoms with Crippen LogP contribution in [-0.4, -0.2) is 41.7 Å². The molecule has 8 nitrogen and oxygen atoms in total. The van der Waals surface area contributed by atoms with Crippen LogP contribution in [0, 0.1) is 11.6 Å². The summed E-state index contributed by atoms with van der Waals surface area (Å²) in [6.07, 6.45) is 0. The number of hydrogen-bond acceptors (Lipinski definition) is 4. The second-order valence-electron chi connectivity index (χ2n) is 7.09. The Balaban J connectivity index is 1.62. The van der Waals surface area contributed by atoms with Crippen LogP contribution in [0.25, 0.3) is 0 Å². The minimum absolute atomic E-state index is 0.293. The number of carbonyl (C=O) groups excluding carboxylic acids is 4. The zero-order valence-corrected chi connectivity index (χ0v) is 15.7. The van der Waals surface area contributed by atoms with Crippen molar-refractivity contribution in [3.8, 4) is 0 Å². The normalized spacial score (nSPS) is 20.7. The van der Waals surface area contributed by atoms with Crippen molar-refractivity contribution in [1.82, 2.24) is 10.2 Å². The summed E-state index contributed by atoms with van der Waals surface area (Å²) >= 11 is 0. The van der Waals surface area contributed by atoms with Crippen LogP contribution in [0.15, 0.2) is 42.5 Å². The Hall–Kier alpha value is -3.82. The highest BCUT2D eigenvalue weighted by Crippen LogP contribution is 2.33. The highest BCUT2D eigenvalue weighted by Gasteiger charge is 2.52. The van der Waals surface area contributed by atoms with Crippen LogP contribution in [0.3, 0.4) is 0 Å². The fraction of sp³-hybridized carbons (Fsp3) is 0.200. The van der Waals surface area contributed by atoms with Gasteiger partial charge in [-0.15, -0.1) is 0 Å². The van der Waals surface area contributed by atoms with E-state index in [1.54, 1.807) is 24.3 Å². The molecule has 0 aromatic heterocycles. The number of urea groups is 1. The lowest BCUT2D eigenvalue weighted by molar-refractivity contribution is -0.134. The number of benzene rings is 2. The van der Waals surface area contributed by atoms with Crippen molar-refractivity contribution in [3.63, 3.8) is 0 Å². The number of anilines is 2. The quantitative estimate of drug-likeness (QED) is 0.747. The maximum atomic E-state index is 14.3. The summed E-state index contributed by atoms with van der Waals surface area (Å²) in [5, 5.41) is 4.90. The molecule has 2 N–H and O–H groups in total. The van der Waals surface area contributed by atoms with Gasteiger partial charge in [0.2, 0.25) is 11.8 Å². The predicted octanol–water partition coefficient (Wildman–Crippen LogP) is 1.72. The zero-order chi connectivity index (χ0) is 21.6. The first-order chi connectivity index (χ1) is 14.2. The molecule has 154 valence electrons. The Morgan fingerprint density at radius 3 is 2.43 bits per heavy atom. The molecule has 2 heterocycles. The summed E-state index contributed by atoms with van der Waals surface area (Å²) in [5.74, 6) is -4.10. The number of nitrogens with one attached hydrogen (secondary N) is 2. The van der Waals surface area contributed by atoms with E-state index in [-0.39, 0.29) is 6.54 Å². The molecule has 2 aromatic rings. The van der Waals surface area contributed by atoms with Gasteiger partial charge >= 0.3 is 6.03 Å². The van der Waals surface area contributed by atoms with E-state index in [0.717, 1.165) is 23.1 Å². The molecule has 0 spiro atoms. The summed E-state index contributed by atoms with van der Waals surface area (Å²) in [6.45, 7) is 0.180. The maximum Gasteiger partial charge on any atom is 0.325 e. The molecule has 2 aromatic carbocycles. The minimum Gasteiger partial charge on any atom is -0.323 e. The molecule has 4 rings (SSSR count). The first kappa shape index (κ1) is 19.5. The van der Waals surface area contributed by atoms with Crippen LogP contribution in [0.4, 0.5) is 25.0 Å². The van der Waals surface area contributed by atoms with Gasteiger partial charge in [0.15, 0.2) is 0 Å². The monoisotopic (exact) mass is 414 g/mol. The third-order valence-electron chi connectivity index (χ3n) is 5.10. The van der Waals surface area contributed by atoms with Gasteiger partial charge in [0.1, 0.15) is 30.3 Å². The van der Waals surface area contributed by atoms with Gasteiger partial charge in [0.05, 0.1) is 16.9 Å². The standard InChI is InChI=1S/C20H16F2N4O4/c1-20(17-11(21)5-4-6-12(17)22)18(29)26(19(30)24-20)10-16(28)25-9-15(27)23-13-7-2-3-8-14(13)25/h2-8H,9-10H2,1H3,(H,23,27)(H,24,30). The molecule has 1 unspecified atom stereocenters. The molecule has 2 aliphatic heterocycles. The number of imide groups is 1. The molecule has 1 saturated heterocycles. The van der Waals surface area contributed by atoms with Crippen LogP contribution in [0.2, 0.25) is 0 Å². The number of amides is 5. The third kappa shape index (κ3) is 2.97. The summed E-state index contributed by atoms with van der Waals surface area (Å²) in [7, 11) is 0. The number of rotatable bonds is 3. The maximum absolute atomic E-state index is 14.3. The van der Waals surface area contributed by atoms with E-state index in [2.05, 4.69) is 10.6 Å². The predicted molar refractivity (Wildman–Crippen MR) is 101 cm³/mol. The van der Waals surface area contributed by atoms with Gasteiger partial charge in [-0.2, -0.15) is 0 Å². The summed E-state index contributed by atoms with van der Waals surface area (Å²) in [5.41, 5.74) is -1.79. The van der Waals surface area contributed by atoms with Gasteiger partial charge in [0.25, 0.3) is 5.91 Å². The Labute approximate surface area is 169 Å². The fourth-order valence-electron chi connectivity index (χ4n) is 3.66. The molecule has 0 radical (unpaired) electrons. The van der Waals surface area contributed by atoms with Crippen molar-refractivity contribution >= 4 is 35.1 Å². The van der Waals surface area contributed by atoms with Crippen LogP contribution >= 0.6 is 0 Å². The van der Waals surface area contributed by atoms with E-state index in [9.17, 15) is 28.0 Å². The van der Waals surface area contributed by atoms with Crippen LogP contribution in [0.1, 0.15) is 12.5 Å². The minimum atomic E-state index is -2.01. The molecule has 10 heteroatoms. The molecule has 0 aliphatic carbocycles. The van der Waals surface area contributed by atoms with E-state index in [4.69, 9.17) is 0 Å². The molecule has 0 bridgehead atoms. The van der Waals surface area contributed by atoms with Crippen LogP contribution in [-0.2, 0) is 19.9 Å². The molecular formula is C20H16F2N4O4. The van der Waals surface area contributed by atoms with Gasteiger partial charge in [-0.05, 0) is 31.2 Å². The highest BCUT2D eigenvalue weighted by atomic mass is 19.1. The zero-order valence-electron chi connectivity index (χ0n) is 15.7. The SMILES string of the molecule is CC1(c2c(F)cccc2F)NC(=O)N(CC(=O)N2CC(=O)Nc3ccccc32)C1=O. The number of halogens is 2. The van der Waals surface area contributed by atoms with Crippen molar-refractivity contribution in [2.24, 2.45) is 0 Å². The number of hydrogen-bond donors (Lipinski definition) is 2. The van der Waals surface area contributed by atoms with E-state index >= 15 is 0 Å². The molecule has 5 amide bonds. The second-order valence-corrected chi connectivity index (χ2v) is 7.09. The fourth-order valence-corrected chi connectivity index (χ4v) is 3.66. The van der Waals surface area contributed by atoms with Crippen molar-refractivity contribution < 1.29 is 28.0 Å². The van der Waals surface area contributed by atoms with Crippen molar-refractivity contribution in [2.75, 3.05) is 23.3 Å². The van der Waals surface area contributed by atoms with E-state index in [0.29, 0.717) is 16.3 Å². The van der Waals surface area contributed by atoms with Gasteiger partial charge in [-0.25, -0.2) is 13.6 Å². The number of fused-ring (bicyclic) bond motifs is 1. The lowest BCUT2D eigenvalue weighted by atomic mass is 9.91. The topological polar surface area (TPSA) is 98.8 Å². The smallest absolute Gasteiger partial charge is 0.323 e. The third-order valence-corrected chi connectivity index (χ3v) is 5.10.